The topological polar surface area (TPSA) is 0 Å². The normalized spacial score (nSPS) is 9.43. The molecule has 1 radical (unpaired) electrons. The third kappa shape index (κ3) is 6.58. The third-order valence-electron chi connectivity index (χ3n) is 0.651. The molecule has 0 amide bonds. The number of hydrogen-bond acceptors (Lipinski definition) is 0. The van der Waals surface area contributed by atoms with E-state index in [9.17, 15) is 0 Å². The fraction of sp³-hybridized carbons (Fsp3) is 0.800. The van der Waals surface area contributed by atoms with Gasteiger partial charge in [0.1, 0.15) is 0 Å². The molecular formula is C5H9Cl2. The Hall–Kier alpha value is 0.580. The molecule has 0 aromatic heterocycles. The third-order valence-corrected chi connectivity index (χ3v) is 1.14. The van der Waals surface area contributed by atoms with Gasteiger partial charge in [-0.15, -0.1) is 23.2 Å². The van der Waals surface area contributed by atoms with Gasteiger partial charge < -0.3 is 0 Å². The average Bonchev–Trinajstić information content (AvgIpc) is 1.69. The second-order valence-electron chi connectivity index (χ2n) is 1.27. The van der Waals surface area contributed by atoms with E-state index >= 15 is 0 Å². The Labute approximate surface area is 54.8 Å². The molecule has 0 aliphatic rings. The molecule has 0 heterocycles. The van der Waals surface area contributed by atoms with Crippen molar-refractivity contribution in [3.63, 3.8) is 0 Å². The highest BCUT2D eigenvalue weighted by Crippen LogP contribution is 1.96. The molecule has 2 heteroatoms. The summed E-state index contributed by atoms with van der Waals surface area (Å²) in [6.07, 6.45) is 4.12. The van der Waals surface area contributed by atoms with Gasteiger partial charge in [0.05, 0.1) is 0 Å². The van der Waals surface area contributed by atoms with Gasteiger partial charge in [0.2, 0.25) is 0 Å². The van der Waals surface area contributed by atoms with Crippen molar-refractivity contribution in [2.24, 2.45) is 0 Å². The van der Waals surface area contributed by atoms with Crippen LogP contribution < -0.4 is 0 Å². The van der Waals surface area contributed by atoms with Gasteiger partial charge in [-0.1, -0.05) is 0 Å². The van der Waals surface area contributed by atoms with Crippen LogP contribution in [0.5, 0.6) is 0 Å². The average molecular weight is 140 g/mol. The van der Waals surface area contributed by atoms with Crippen LogP contribution in [0.3, 0.4) is 0 Å². The summed E-state index contributed by atoms with van der Waals surface area (Å²) in [6.45, 7) is 0. The summed E-state index contributed by atoms with van der Waals surface area (Å²) in [5.74, 6) is 1.39. The van der Waals surface area contributed by atoms with Gasteiger partial charge in [0.25, 0.3) is 0 Å². The van der Waals surface area contributed by atoms with Gasteiger partial charge >= 0.3 is 0 Å². The Morgan fingerprint density at radius 3 is 2.43 bits per heavy atom. The van der Waals surface area contributed by atoms with Crippen LogP contribution in [0.2, 0.25) is 0 Å². The van der Waals surface area contributed by atoms with Crippen molar-refractivity contribution >= 4 is 23.2 Å². The fourth-order valence-corrected chi connectivity index (χ4v) is 0.607. The molecule has 0 rings (SSSR count). The second kappa shape index (κ2) is 6.58. The van der Waals surface area contributed by atoms with Crippen molar-refractivity contribution in [1.82, 2.24) is 0 Å². The standard InChI is InChI=1S/C5H9Cl2/c6-4-2-1-3-5-7/h2H,1,3-5H2. The molecule has 0 aliphatic heterocycles. The summed E-state index contributed by atoms with van der Waals surface area (Å²) >= 11 is 10.7. The predicted octanol–water partition coefficient (Wildman–Crippen LogP) is 2.45. The number of halogens is 2. The van der Waals surface area contributed by atoms with E-state index in [0.29, 0.717) is 5.88 Å². The Balaban J connectivity index is 2.45. The summed E-state index contributed by atoms with van der Waals surface area (Å²) in [4.78, 5) is 0. The molecule has 0 aromatic carbocycles. The van der Waals surface area contributed by atoms with E-state index in [-0.39, 0.29) is 0 Å². The molecule has 0 aromatic rings. The zero-order valence-corrected chi connectivity index (χ0v) is 5.67. The molecule has 0 saturated carbocycles. The summed E-state index contributed by atoms with van der Waals surface area (Å²) in [6, 6.07) is 0. The molecule has 0 unspecified atom stereocenters. The minimum atomic E-state index is 0.650. The van der Waals surface area contributed by atoms with Crippen molar-refractivity contribution < 1.29 is 0 Å². The summed E-state index contributed by atoms with van der Waals surface area (Å²) in [5, 5.41) is 0. The fourth-order valence-electron chi connectivity index (χ4n) is 0.299. The zero-order chi connectivity index (χ0) is 5.54. The Morgan fingerprint density at radius 1 is 1.29 bits per heavy atom. The van der Waals surface area contributed by atoms with Gasteiger partial charge in [-0.25, -0.2) is 0 Å². The highest BCUT2D eigenvalue weighted by Gasteiger charge is 1.82. The maximum absolute atomic E-state index is 5.37. The van der Waals surface area contributed by atoms with E-state index in [2.05, 4.69) is 0 Å². The first-order valence-electron chi connectivity index (χ1n) is 2.35. The van der Waals surface area contributed by atoms with Gasteiger partial charge in [-0.2, -0.15) is 0 Å². The highest BCUT2D eigenvalue weighted by atomic mass is 35.5. The van der Waals surface area contributed by atoms with Gasteiger partial charge in [0, 0.05) is 11.8 Å². The Kier molecular flexibility index (Phi) is 7.13. The first-order chi connectivity index (χ1) is 3.41. The van der Waals surface area contributed by atoms with E-state index in [1.807, 2.05) is 6.42 Å². The van der Waals surface area contributed by atoms with E-state index in [0.717, 1.165) is 18.7 Å². The highest BCUT2D eigenvalue weighted by molar-refractivity contribution is 6.18. The predicted molar refractivity (Wildman–Crippen MR) is 35.0 cm³/mol. The number of hydrogen-bond donors (Lipinski definition) is 0. The first kappa shape index (κ1) is 7.58. The van der Waals surface area contributed by atoms with E-state index in [1.54, 1.807) is 0 Å². The van der Waals surface area contributed by atoms with Crippen LogP contribution in [0, 0.1) is 6.42 Å². The summed E-state index contributed by atoms with van der Waals surface area (Å²) in [5.41, 5.74) is 0. The Bertz CT molecular complexity index is 25.3. The van der Waals surface area contributed by atoms with Crippen LogP contribution in [0.1, 0.15) is 12.8 Å². The smallest absolute Gasteiger partial charge is 0.0254 e. The maximum atomic E-state index is 5.37. The second-order valence-corrected chi connectivity index (χ2v) is 1.96. The van der Waals surface area contributed by atoms with Crippen LogP contribution >= 0.6 is 23.2 Å². The van der Waals surface area contributed by atoms with E-state index < -0.39 is 0 Å². The number of alkyl halides is 2. The minimum Gasteiger partial charge on any atom is -0.127 e. The molecule has 0 spiro atoms. The molecule has 7 heavy (non-hydrogen) atoms. The number of unbranched alkanes of at least 4 members (excludes halogenated alkanes) is 2. The lowest BCUT2D eigenvalue weighted by Gasteiger charge is -1.88. The largest absolute Gasteiger partial charge is 0.127 e. The molecule has 43 valence electrons. The van der Waals surface area contributed by atoms with Crippen molar-refractivity contribution in [2.75, 3.05) is 11.8 Å². The van der Waals surface area contributed by atoms with Crippen LogP contribution in [0.25, 0.3) is 0 Å². The maximum Gasteiger partial charge on any atom is 0.0254 e. The molecule has 0 nitrogen and oxygen atoms in total. The molecule has 0 atom stereocenters. The molecule has 0 N–H and O–H groups in total. The van der Waals surface area contributed by atoms with Gasteiger partial charge in [-0.3, -0.25) is 0 Å². The quantitative estimate of drug-likeness (QED) is 0.415. The van der Waals surface area contributed by atoms with Crippen molar-refractivity contribution in [1.29, 1.82) is 0 Å². The van der Waals surface area contributed by atoms with Gasteiger partial charge in [0.15, 0.2) is 0 Å². The number of rotatable bonds is 4. The van der Waals surface area contributed by atoms with Crippen LogP contribution in [0.4, 0.5) is 0 Å². The minimum absolute atomic E-state index is 0.650. The zero-order valence-electron chi connectivity index (χ0n) is 4.16. The van der Waals surface area contributed by atoms with Crippen LogP contribution in [0.15, 0.2) is 0 Å². The van der Waals surface area contributed by atoms with Crippen molar-refractivity contribution in [3.8, 4) is 0 Å². The lowest BCUT2D eigenvalue weighted by atomic mass is 10.3. The summed E-state index contributed by atoms with van der Waals surface area (Å²) < 4.78 is 0. The molecular weight excluding hydrogens is 131 g/mol. The molecule has 0 saturated heterocycles. The van der Waals surface area contributed by atoms with E-state index in [4.69, 9.17) is 23.2 Å². The SMILES string of the molecule is ClC[CH]CCCCl. The first-order valence-corrected chi connectivity index (χ1v) is 3.42. The molecule has 0 aliphatic carbocycles. The lowest BCUT2D eigenvalue weighted by molar-refractivity contribution is 0.909. The summed E-state index contributed by atoms with van der Waals surface area (Å²) in [7, 11) is 0. The van der Waals surface area contributed by atoms with Crippen LogP contribution in [-0.2, 0) is 0 Å². The molecule has 0 bridgehead atoms. The van der Waals surface area contributed by atoms with Crippen LogP contribution in [-0.4, -0.2) is 11.8 Å². The Morgan fingerprint density at radius 2 is 2.00 bits per heavy atom. The monoisotopic (exact) mass is 139 g/mol. The van der Waals surface area contributed by atoms with Crippen molar-refractivity contribution in [2.45, 2.75) is 12.8 Å². The van der Waals surface area contributed by atoms with E-state index in [1.165, 1.54) is 0 Å². The molecule has 0 fully saturated rings. The van der Waals surface area contributed by atoms with Gasteiger partial charge in [-0.05, 0) is 19.3 Å². The lowest BCUT2D eigenvalue weighted by Crippen LogP contribution is -1.78. The van der Waals surface area contributed by atoms with Crippen molar-refractivity contribution in [3.05, 3.63) is 6.42 Å².